The number of hydrogen-bond donors (Lipinski definition) is 2. The summed E-state index contributed by atoms with van der Waals surface area (Å²) in [6.45, 7) is 3.67. The number of rotatable bonds is 3. The first kappa shape index (κ1) is 16.7. The third-order valence-corrected chi connectivity index (χ3v) is 5.61. The molecule has 1 aromatic rings. The van der Waals surface area contributed by atoms with Crippen LogP contribution in [0, 0.1) is 0 Å². The van der Waals surface area contributed by atoms with Gasteiger partial charge in [-0.2, -0.15) is 4.31 Å². The second-order valence-electron chi connectivity index (χ2n) is 5.66. The van der Waals surface area contributed by atoms with E-state index >= 15 is 0 Å². The van der Waals surface area contributed by atoms with Crippen molar-refractivity contribution in [1.29, 1.82) is 0 Å². The number of nitrogens with zero attached hydrogens (tertiary/aromatic N) is 1. The first-order chi connectivity index (χ1) is 9.65. The van der Waals surface area contributed by atoms with Gasteiger partial charge in [-0.05, 0) is 32.0 Å². The van der Waals surface area contributed by atoms with Crippen molar-refractivity contribution in [2.45, 2.75) is 30.4 Å². The largest absolute Gasteiger partial charge is 0.398 e. The maximum absolute atomic E-state index is 12.8. The highest BCUT2D eigenvalue weighted by atomic mass is 79.9. The van der Waals surface area contributed by atoms with Crippen LogP contribution in [0.5, 0.6) is 0 Å². The number of halogens is 1. The molecular formula is C13H19BrN2O4S. The van der Waals surface area contributed by atoms with Gasteiger partial charge in [0.2, 0.25) is 10.0 Å². The molecule has 6 nitrogen and oxygen atoms in total. The zero-order chi connectivity index (χ0) is 15.8. The fourth-order valence-corrected chi connectivity index (χ4v) is 4.67. The molecule has 1 heterocycles. The van der Waals surface area contributed by atoms with E-state index in [-0.39, 0.29) is 30.3 Å². The van der Waals surface area contributed by atoms with Crippen LogP contribution in [0.25, 0.3) is 0 Å². The molecule has 1 aliphatic heterocycles. The lowest BCUT2D eigenvalue weighted by Crippen LogP contribution is -2.55. The standard InChI is InChI=1S/C13H19BrN2O4S/c1-13(2)8-16(6-10(7-17)20-13)21(18,19)12-5-9(14)3-4-11(12)15/h3-5,10,17H,6-8,15H2,1-2H3. The summed E-state index contributed by atoms with van der Waals surface area (Å²) in [5, 5.41) is 9.30. The van der Waals surface area contributed by atoms with Gasteiger partial charge in [-0.1, -0.05) is 15.9 Å². The number of ether oxygens (including phenoxy) is 1. The number of anilines is 1. The van der Waals surface area contributed by atoms with Gasteiger partial charge in [-0.3, -0.25) is 0 Å². The van der Waals surface area contributed by atoms with Crippen molar-refractivity contribution in [3.63, 3.8) is 0 Å². The number of aliphatic hydroxyl groups is 1. The van der Waals surface area contributed by atoms with Crippen molar-refractivity contribution in [2.24, 2.45) is 0 Å². The summed E-state index contributed by atoms with van der Waals surface area (Å²) in [6, 6.07) is 4.72. The van der Waals surface area contributed by atoms with Crippen LogP contribution in [0.4, 0.5) is 5.69 Å². The predicted octanol–water partition coefficient (Wildman–Crippen LogP) is 1.19. The molecular weight excluding hydrogens is 360 g/mol. The molecule has 1 fully saturated rings. The number of hydrogen-bond acceptors (Lipinski definition) is 5. The highest BCUT2D eigenvalue weighted by molar-refractivity contribution is 9.10. The molecule has 2 rings (SSSR count). The summed E-state index contributed by atoms with van der Waals surface area (Å²) >= 11 is 3.26. The molecule has 0 aliphatic carbocycles. The number of aliphatic hydroxyl groups excluding tert-OH is 1. The number of benzene rings is 1. The van der Waals surface area contributed by atoms with E-state index in [2.05, 4.69) is 15.9 Å². The first-order valence-electron chi connectivity index (χ1n) is 6.49. The van der Waals surface area contributed by atoms with Crippen LogP contribution < -0.4 is 5.73 Å². The Bertz CT molecular complexity index is 633. The minimum atomic E-state index is -3.74. The van der Waals surface area contributed by atoms with Gasteiger partial charge in [0.05, 0.1) is 24.0 Å². The van der Waals surface area contributed by atoms with Crippen LogP contribution in [0.15, 0.2) is 27.6 Å². The molecule has 0 aromatic heterocycles. The maximum atomic E-state index is 12.8. The minimum Gasteiger partial charge on any atom is -0.398 e. The minimum absolute atomic E-state index is 0.0614. The molecule has 118 valence electrons. The second kappa shape index (κ2) is 5.85. The average Bonchev–Trinajstić information content (AvgIpc) is 2.39. The SMILES string of the molecule is CC1(C)CN(S(=O)(=O)c2cc(Br)ccc2N)CC(CO)O1. The highest BCUT2D eigenvalue weighted by Gasteiger charge is 2.39. The molecule has 0 spiro atoms. The second-order valence-corrected chi connectivity index (χ2v) is 8.48. The molecule has 8 heteroatoms. The third-order valence-electron chi connectivity index (χ3n) is 3.25. The predicted molar refractivity (Wildman–Crippen MR) is 83.4 cm³/mol. The third kappa shape index (κ3) is 3.57. The molecule has 1 saturated heterocycles. The Balaban J connectivity index is 2.41. The van der Waals surface area contributed by atoms with Gasteiger partial charge < -0.3 is 15.6 Å². The van der Waals surface area contributed by atoms with Crippen molar-refractivity contribution in [3.05, 3.63) is 22.7 Å². The van der Waals surface area contributed by atoms with Crippen LogP contribution in [0.2, 0.25) is 0 Å². The van der Waals surface area contributed by atoms with E-state index in [1.54, 1.807) is 26.0 Å². The number of morpholine rings is 1. The van der Waals surface area contributed by atoms with Crippen LogP contribution in [0.3, 0.4) is 0 Å². The molecule has 0 amide bonds. The molecule has 1 atom stereocenters. The Labute approximate surface area is 133 Å². The van der Waals surface area contributed by atoms with Gasteiger partial charge >= 0.3 is 0 Å². The van der Waals surface area contributed by atoms with Gasteiger partial charge in [0.15, 0.2) is 0 Å². The summed E-state index contributed by atoms with van der Waals surface area (Å²) in [4.78, 5) is 0.0614. The van der Waals surface area contributed by atoms with Crippen LogP contribution in [-0.4, -0.2) is 49.2 Å². The van der Waals surface area contributed by atoms with E-state index in [4.69, 9.17) is 10.5 Å². The van der Waals surface area contributed by atoms with Crippen molar-refractivity contribution in [2.75, 3.05) is 25.4 Å². The number of nitrogen functional groups attached to an aromatic ring is 1. The van der Waals surface area contributed by atoms with Gasteiger partial charge in [0.25, 0.3) is 0 Å². The average molecular weight is 379 g/mol. The van der Waals surface area contributed by atoms with E-state index in [0.29, 0.717) is 4.47 Å². The fraction of sp³-hybridized carbons (Fsp3) is 0.538. The summed E-state index contributed by atoms with van der Waals surface area (Å²) in [6.07, 6.45) is -0.545. The molecule has 1 unspecified atom stereocenters. The first-order valence-corrected chi connectivity index (χ1v) is 8.73. The van der Waals surface area contributed by atoms with Crippen LogP contribution in [-0.2, 0) is 14.8 Å². The van der Waals surface area contributed by atoms with Gasteiger partial charge in [0, 0.05) is 17.6 Å². The smallest absolute Gasteiger partial charge is 0.245 e. The van der Waals surface area contributed by atoms with Crippen molar-refractivity contribution < 1.29 is 18.3 Å². The van der Waals surface area contributed by atoms with Crippen molar-refractivity contribution >= 4 is 31.6 Å². The molecule has 3 N–H and O–H groups in total. The quantitative estimate of drug-likeness (QED) is 0.770. The lowest BCUT2D eigenvalue weighted by Gasteiger charge is -2.41. The monoisotopic (exact) mass is 378 g/mol. The fourth-order valence-electron chi connectivity index (χ4n) is 2.39. The van der Waals surface area contributed by atoms with E-state index in [1.165, 1.54) is 10.4 Å². The van der Waals surface area contributed by atoms with Gasteiger partial charge in [-0.25, -0.2) is 8.42 Å². The van der Waals surface area contributed by atoms with Crippen LogP contribution >= 0.6 is 15.9 Å². The summed E-state index contributed by atoms with van der Waals surface area (Å²) < 4.78 is 33.2. The Kier molecular flexibility index (Phi) is 4.65. The van der Waals surface area contributed by atoms with E-state index in [9.17, 15) is 13.5 Å². The number of nitrogens with two attached hydrogens (primary N) is 1. The molecule has 1 aliphatic rings. The highest BCUT2D eigenvalue weighted by Crippen LogP contribution is 2.30. The molecule has 0 bridgehead atoms. The Morgan fingerprint density at radius 3 is 2.81 bits per heavy atom. The zero-order valence-electron chi connectivity index (χ0n) is 11.9. The van der Waals surface area contributed by atoms with Gasteiger partial charge in [0.1, 0.15) is 4.90 Å². The van der Waals surface area contributed by atoms with Gasteiger partial charge in [-0.15, -0.1) is 0 Å². The summed E-state index contributed by atoms with van der Waals surface area (Å²) in [7, 11) is -3.74. The summed E-state index contributed by atoms with van der Waals surface area (Å²) in [5.74, 6) is 0. The molecule has 21 heavy (non-hydrogen) atoms. The molecule has 1 aromatic carbocycles. The van der Waals surface area contributed by atoms with Crippen molar-refractivity contribution in [3.8, 4) is 0 Å². The Hall–Kier alpha value is -0.670. The van der Waals surface area contributed by atoms with Crippen LogP contribution in [0.1, 0.15) is 13.8 Å². The lowest BCUT2D eigenvalue weighted by atomic mass is 10.1. The molecule has 0 saturated carbocycles. The Morgan fingerprint density at radius 2 is 2.19 bits per heavy atom. The van der Waals surface area contributed by atoms with E-state index in [0.717, 1.165) is 0 Å². The van der Waals surface area contributed by atoms with Crippen molar-refractivity contribution in [1.82, 2.24) is 4.31 Å². The summed E-state index contributed by atoms with van der Waals surface area (Å²) in [5.41, 5.74) is 5.34. The van der Waals surface area contributed by atoms with E-state index in [1.807, 2.05) is 0 Å². The Morgan fingerprint density at radius 1 is 1.52 bits per heavy atom. The lowest BCUT2D eigenvalue weighted by molar-refractivity contribution is -0.131. The molecule has 0 radical (unpaired) electrons. The zero-order valence-corrected chi connectivity index (χ0v) is 14.3. The normalized spacial score (nSPS) is 23.1. The number of sulfonamides is 1. The van der Waals surface area contributed by atoms with E-state index < -0.39 is 21.7 Å². The maximum Gasteiger partial charge on any atom is 0.245 e. The topological polar surface area (TPSA) is 92.9 Å².